The molecule has 4 nitrogen and oxygen atoms in total. The number of hydrogen-bond acceptors (Lipinski definition) is 4. The summed E-state index contributed by atoms with van der Waals surface area (Å²) in [5, 5.41) is 0. The summed E-state index contributed by atoms with van der Waals surface area (Å²) in [7, 11) is -3.17. The van der Waals surface area contributed by atoms with Crippen molar-refractivity contribution in [3.63, 3.8) is 0 Å². The second kappa shape index (κ2) is 3.18. The summed E-state index contributed by atoms with van der Waals surface area (Å²) < 4.78 is 22.3. The average molecular weight is 186 g/mol. The van der Waals surface area contributed by atoms with Crippen molar-refractivity contribution in [3.05, 3.63) is 18.2 Å². The number of sulfone groups is 1. The molecule has 0 saturated carbocycles. The van der Waals surface area contributed by atoms with E-state index in [0.29, 0.717) is 12.1 Å². The molecular formula is C7H10N2O2S. The highest BCUT2D eigenvalue weighted by molar-refractivity contribution is 7.90. The summed E-state index contributed by atoms with van der Waals surface area (Å²) in [4.78, 5) is 7.77. The molecule has 66 valence electrons. The highest BCUT2D eigenvalue weighted by Crippen LogP contribution is 2.10. The van der Waals surface area contributed by atoms with Gasteiger partial charge in [-0.3, -0.25) is 0 Å². The largest absolute Gasteiger partial charge is 0.243 e. The summed E-state index contributed by atoms with van der Waals surface area (Å²) in [5.41, 5.74) is 0.576. The number of rotatable bonds is 2. The van der Waals surface area contributed by atoms with Gasteiger partial charge in [-0.1, -0.05) is 6.92 Å². The molecule has 5 heteroatoms. The maximum atomic E-state index is 11.1. The lowest BCUT2D eigenvalue weighted by Crippen LogP contribution is -2.04. The normalized spacial score (nSPS) is 11.5. The SMILES string of the molecule is CCc1ncncc1S(C)(=O)=O. The Morgan fingerprint density at radius 3 is 2.58 bits per heavy atom. The second-order valence-corrected chi connectivity index (χ2v) is 4.44. The topological polar surface area (TPSA) is 59.9 Å². The van der Waals surface area contributed by atoms with Crippen LogP contribution in [0, 0.1) is 0 Å². The predicted molar refractivity (Wildman–Crippen MR) is 44.5 cm³/mol. The zero-order valence-electron chi connectivity index (χ0n) is 6.98. The Morgan fingerprint density at radius 2 is 2.17 bits per heavy atom. The minimum absolute atomic E-state index is 0.229. The molecule has 0 aliphatic heterocycles. The van der Waals surface area contributed by atoms with Gasteiger partial charge in [-0.25, -0.2) is 18.4 Å². The van der Waals surface area contributed by atoms with Gasteiger partial charge in [0.25, 0.3) is 0 Å². The zero-order chi connectivity index (χ0) is 9.19. The van der Waals surface area contributed by atoms with E-state index in [-0.39, 0.29) is 4.90 Å². The molecule has 1 aromatic rings. The fraction of sp³-hybridized carbons (Fsp3) is 0.429. The first-order valence-electron chi connectivity index (χ1n) is 3.54. The smallest absolute Gasteiger partial charge is 0.178 e. The van der Waals surface area contributed by atoms with E-state index in [9.17, 15) is 8.42 Å². The van der Waals surface area contributed by atoms with E-state index in [1.54, 1.807) is 0 Å². The molecule has 0 spiro atoms. The van der Waals surface area contributed by atoms with Gasteiger partial charge in [-0.05, 0) is 6.42 Å². The quantitative estimate of drug-likeness (QED) is 0.672. The van der Waals surface area contributed by atoms with E-state index in [1.165, 1.54) is 12.5 Å². The average Bonchev–Trinajstić information content (AvgIpc) is 2.03. The van der Waals surface area contributed by atoms with Gasteiger partial charge in [0, 0.05) is 12.5 Å². The molecule has 0 saturated heterocycles. The lowest BCUT2D eigenvalue weighted by atomic mass is 10.3. The van der Waals surface area contributed by atoms with Gasteiger partial charge in [-0.2, -0.15) is 0 Å². The van der Waals surface area contributed by atoms with Crippen molar-refractivity contribution in [1.29, 1.82) is 0 Å². The third-order valence-electron chi connectivity index (χ3n) is 1.49. The molecule has 1 aromatic heterocycles. The van der Waals surface area contributed by atoms with Crippen LogP contribution in [0.2, 0.25) is 0 Å². The van der Waals surface area contributed by atoms with Crippen LogP contribution in [0.4, 0.5) is 0 Å². The lowest BCUT2D eigenvalue weighted by Gasteiger charge is -2.01. The molecule has 12 heavy (non-hydrogen) atoms. The summed E-state index contributed by atoms with van der Waals surface area (Å²) >= 11 is 0. The van der Waals surface area contributed by atoms with Gasteiger partial charge in [0.1, 0.15) is 11.2 Å². The maximum absolute atomic E-state index is 11.1. The molecule has 1 rings (SSSR count). The second-order valence-electron chi connectivity index (χ2n) is 2.46. The molecule has 0 atom stereocenters. The first kappa shape index (κ1) is 9.12. The summed E-state index contributed by atoms with van der Waals surface area (Å²) in [6.07, 6.45) is 4.45. The molecule has 0 unspecified atom stereocenters. The Kier molecular flexibility index (Phi) is 2.42. The fourth-order valence-electron chi connectivity index (χ4n) is 0.917. The van der Waals surface area contributed by atoms with Gasteiger partial charge >= 0.3 is 0 Å². The number of aryl methyl sites for hydroxylation is 1. The third-order valence-corrected chi connectivity index (χ3v) is 2.63. The van der Waals surface area contributed by atoms with Gasteiger partial charge in [-0.15, -0.1) is 0 Å². The van der Waals surface area contributed by atoms with Gasteiger partial charge < -0.3 is 0 Å². The van der Waals surface area contributed by atoms with Crippen LogP contribution in [0.5, 0.6) is 0 Å². The van der Waals surface area contributed by atoms with Crippen molar-refractivity contribution < 1.29 is 8.42 Å². The van der Waals surface area contributed by atoms with Crippen molar-refractivity contribution in [2.75, 3.05) is 6.26 Å². The minimum Gasteiger partial charge on any atom is -0.243 e. The van der Waals surface area contributed by atoms with E-state index in [4.69, 9.17) is 0 Å². The van der Waals surface area contributed by atoms with E-state index in [1.807, 2.05) is 6.92 Å². The van der Waals surface area contributed by atoms with E-state index < -0.39 is 9.84 Å². The van der Waals surface area contributed by atoms with Crippen LogP contribution in [0.3, 0.4) is 0 Å². The van der Waals surface area contributed by atoms with Crippen LogP contribution in [-0.4, -0.2) is 24.6 Å². The van der Waals surface area contributed by atoms with Crippen LogP contribution in [0.25, 0.3) is 0 Å². The van der Waals surface area contributed by atoms with E-state index >= 15 is 0 Å². The molecular weight excluding hydrogens is 176 g/mol. The molecule has 0 N–H and O–H groups in total. The highest BCUT2D eigenvalue weighted by atomic mass is 32.2. The summed E-state index contributed by atoms with van der Waals surface area (Å²) in [5.74, 6) is 0. The molecule has 0 aromatic carbocycles. The monoisotopic (exact) mass is 186 g/mol. The van der Waals surface area contributed by atoms with Crippen molar-refractivity contribution in [2.45, 2.75) is 18.2 Å². The molecule has 0 fully saturated rings. The predicted octanol–water partition coefficient (Wildman–Crippen LogP) is 0.443. The number of aromatic nitrogens is 2. The third kappa shape index (κ3) is 1.79. The summed E-state index contributed by atoms with van der Waals surface area (Å²) in [6, 6.07) is 0. The van der Waals surface area contributed by atoms with Crippen molar-refractivity contribution in [1.82, 2.24) is 9.97 Å². The van der Waals surface area contributed by atoms with Crippen LogP contribution in [0.15, 0.2) is 17.4 Å². The number of hydrogen-bond donors (Lipinski definition) is 0. The number of nitrogens with zero attached hydrogens (tertiary/aromatic N) is 2. The maximum Gasteiger partial charge on any atom is 0.178 e. The zero-order valence-corrected chi connectivity index (χ0v) is 7.80. The first-order valence-corrected chi connectivity index (χ1v) is 5.43. The highest BCUT2D eigenvalue weighted by Gasteiger charge is 2.12. The Labute approximate surface area is 71.6 Å². The Hall–Kier alpha value is -0.970. The Morgan fingerprint density at radius 1 is 1.50 bits per heavy atom. The van der Waals surface area contributed by atoms with Crippen LogP contribution in [-0.2, 0) is 16.3 Å². The van der Waals surface area contributed by atoms with Crippen molar-refractivity contribution in [2.24, 2.45) is 0 Å². The van der Waals surface area contributed by atoms with E-state index in [2.05, 4.69) is 9.97 Å². The van der Waals surface area contributed by atoms with E-state index in [0.717, 1.165) is 6.26 Å². The van der Waals surface area contributed by atoms with Gasteiger partial charge in [0.05, 0.1) is 5.69 Å². The van der Waals surface area contributed by atoms with Crippen LogP contribution < -0.4 is 0 Å². The molecule has 0 aliphatic rings. The van der Waals surface area contributed by atoms with Crippen LogP contribution in [0.1, 0.15) is 12.6 Å². The summed E-state index contributed by atoms with van der Waals surface area (Å²) in [6.45, 7) is 1.86. The first-order chi connectivity index (χ1) is 5.55. The molecule has 0 aliphatic carbocycles. The standard InChI is InChI=1S/C7H10N2O2S/c1-3-6-7(12(2,10)11)4-8-5-9-6/h4-5H,3H2,1-2H3. The van der Waals surface area contributed by atoms with Crippen LogP contribution >= 0.6 is 0 Å². The minimum atomic E-state index is -3.17. The van der Waals surface area contributed by atoms with Crippen molar-refractivity contribution in [3.8, 4) is 0 Å². The molecule has 0 radical (unpaired) electrons. The Balaban J connectivity index is 3.33. The molecule has 0 amide bonds. The van der Waals surface area contributed by atoms with Crippen molar-refractivity contribution >= 4 is 9.84 Å². The lowest BCUT2D eigenvalue weighted by molar-refractivity contribution is 0.599. The van der Waals surface area contributed by atoms with Gasteiger partial charge in [0.2, 0.25) is 0 Å². The Bertz CT molecular complexity index is 373. The molecule has 0 bridgehead atoms. The molecule has 1 heterocycles. The van der Waals surface area contributed by atoms with Gasteiger partial charge in [0.15, 0.2) is 9.84 Å². The fourth-order valence-corrected chi connectivity index (χ4v) is 1.79.